The van der Waals surface area contributed by atoms with Crippen LogP contribution in [0, 0.1) is 6.92 Å². The zero-order valence-electron chi connectivity index (χ0n) is 6.76. The summed E-state index contributed by atoms with van der Waals surface area (Å²) in [6, 6.07) is 0. The van der Waals surface area contributed by atoms with E-state index in [1.54, 1.807) is 6.92 Å². The second-order valence-electron chi connectivity index (χ2n) is 2.30. The molecule has 0 aliphatic rings. The van der Waals surface area contributed by atoms with Crippen molar-refractivity contribution < 1.29 is 13.2 Å². The van der Waals surface area contributed by atoms with E-state index in [-0.39, 0.29) is 5.75 Å². The van der Waals surface area contributed by atoms with Crippen molar-refractivity contribution in [1.82, 2.24) is 10.2 Å². The Bertz CT molecular complexity index is 271. The molecule has 13 heavy (non-hydrogen) atoms. The Morgan fingerprint density at radius 1 is 1.38 bits per heavy atom. The van der Waals surface area contributed by atoms with Gasteiger partial charge >= 0.3 is 6.18 Å². The SMILES string of the molecule is Cc1nnc(SCCC(F)(F)F)s1. The summed E-state index contributed by atoms with van der Waals surface area (Å²) in [5.41, 5.74) is 0. The van der Waals surface area contributed by atoms with Gasteiger partial charge < -0.3 is 0 Å². The molecule has 0 aromatic carbocycles. The second kappa shape index (κ2) is 4.28. The van der Waals surface area contributed by atoms with Crippen LogP contribution in [0.1, 0.15) is 11.4 Å². The topological polar surface area (TPSA) is 25.8 Å². The Labute approximate surface area is 81.6 Å². The van der Waals surface area contributed by atoms with Crippen LogP contribution in [0.3, 0.4) is 0 Å². The lowest BCUT2D eigenvalue weighted by Crippen LogP contribution is -2.07. The lowest BCUT2D eigenvalue weighted by atomic mass is 10.5. The van der Waals surface area contributed by atoms with Gasteiger partial charge in [-0.2, -0.15) is 13.2 Å². The molecule has 0 saturated carbocycles. The lowest BCUT2D eigenvalue weighted by molar-refractivity contribution is -0.129. The monoisotopic (exact) mass is 228 g/mol. The first kappa shape index (κ1) is 10.8. The van der Waals surface area contributed by atoms with Gasteiger partial charge in [0.1, 0.15) is 5.01 Å². The third-order valence-corrected chi connectivity index (χ3v) is 3.09. The van der Waals surface area contributed by atoms with Crippen molar-refractivity contribution in [3.8, 4) is 0 Å². The van der Waals surface area contributed by atoms with Crippen molar-refractivity contribution in [2.75, 3.05) is 5.75 Å². The van der Waals surface area contributed by atoms with E-state index in [1.807, 2.05) is 0 Å². The first-order chi connectivity index (χ1) is 5.97. The molecular formula is C6H7F3N2S2. The van der Waals surface area contributed by atoms with E-state index in [9.17, 15) is 13.2 Å². The Hall–Kier alpha value is -0.300. The average molecular weight is 228 g/mol. The molecule has 7 heteroatoms. The van der Waals surface area contributed by atoms with Gasteiger partial charge in [-0.15, -0.1) is 10.2 Å². The summed E-state index contributed by atoms with van der Waals surface area (Å²) in [5.74, 6) is 0.0120. The number of rotatable bonds is 3. The predicted molar refractivity (Wildman–Crippen MR) is 46.0 cm³/mol. The van der Waals surface area contributed by atoms with E-state index in [0.717, 1.165) is 16.8 Å². The van der Waals surface area contributed by atoms with E-state index in [0.29, 0.717) is 4.34 Å². The molecule has 1 rings (SSSR count). The van der Waals surface area contributed by atoms with Gasteiger partial charge in [-0.3, -0.25) is 0 Å². The highest BCUT2D eigenvalue weighted by molar-refractivity contribution is 8.01. The summed E-state index contributed by atoms with van der Waals surface area (Å²) in [6.45, 7) is 1.77. The van der Waals surface area contributed by atoms with E-state index < -0.39 is 12.6 Å². The van der Waals surface area contributed by atoms with Gasteiger partial charge in [0, 0.05) is 5.75 Å². The Balaban J connectivity index is 2.28. The Kier molecular flexibility index (Phi) is 3.55. The Morgan fingerprint density at radius 2 is 2.08 bits per heavy atom. The van der Waals surface area contributed by atoms with Gasteiger partial charge in [0.25, 0.3) is 0 Å². The first-order valence-corrected chi connectivity index (χ1v) is 5.27. The highest BCUT2D eigenvalue weighted by Crippen LogP contribution is 2.27. The molecule has 74 valence electrons. The summed E-state index contributed by atoms with van der Waals surface area (Å²) in [5, 5.41) is 8.17. The number of aryl methyl sites for hydroxylation is 1. The fourth-order valence-electron chi connectivity index (χ4n) is 0.591. The minimum Gasteiger partial charge on any atom is -0.171 e. The minimum absolute atomic E-state index is 0.0120. The fraction of sp³-hybridized carbons (Fsp3) is 0.667. The van der Waals surface area contributed by atoms with E-state index in [4.69, 9.17) is 0 Å². The highest BCUT2D eigenvalue weighted by atomic mass is 32.2. The predicted octanol–water partition coefficient (Wildman–Crippen LogP) is 2.89. The van der Waals surface area contributed by atoms with Gasteiger partial charge in [-0.1, -0.05) is 23.1 Å². The third kappa shape index (κ3) is 4.47. The van der Waals surface area contributed by atoms with Crippen LogP contribution in [-0.2, 0) is 0 Å². The highest BCUT2D eigenvalue weighted by Gasteiger charge is 2.26. The van der Waals surface area contributed by atoms with Crippen molar-refractivity contribution in [3.05, 3.63) is 5.01 Å². The molecule has 0 amide bonds. The lowest BCUT2D eigenvalue weighted by Gasteiger charge is -2.02. The van der Waals surface area contributed by atoms with E-state index >= 15 is 0 Å². The van der Waals surface area contributed by atoms with Crippen molar-refractivity contribution in [2.24, 2.45) is 0 Å². The van der Waals surface area contributed by atoms with Crippen LogP contribution in [0.25, 0.3) is 0 Å². The van der Waals surface area contributed by atoms with Crippen LogP contribution in [0.2, 0.25) is 0 Å². The number of hydrogen-bond donors (Lipinski definition) is 0. The van der Waals surface area contributed by atoms with Crippen LogP contribution in [0.4, 0.5) is 13.2 Å². The zero-order chi connectivity index (χ0) is 9.90. The number of nitrogens with zero attached hydrogens (tertiary/aromatic N) is 2. The molecule has 1 heterocycles. The number of aromatic nitrogens is 2. The van der Waals surface area contributed by atoms with Gasteiger partial charge in [0.2, 0.25) is 0 Å². The summed E-state index contributed by atoms with van der Waals surface area (Å²) < 4.78 is 35.8. The molecule has 0 aliphatic heterocycles. The maximum Gasteiger partial charge on any atom is 0.389 e. The van der Waals surface area contributed by atoms with Crippen molar-refractivity contribution in [3.63, 3.8) is 0 Å². The molecule has 2 nitrogen and oxygen atoms in total. The molecule has 0 bridgehead atoms. The molecule has 0 saturated heterocycles. The van der Waals surface area contributed by atoms with Crippen LogP contribution in [0.15, 0.2) is 4.34 Å². The Morgan fingerprint density at radius 3 is 2.54 bits per heavy atom. The summed E-state index contributed by atoms with van der Waals surface area (Å²) in [7, 11) is 0. The quantitative estimate of drug-likeness (QED) is 0.744. The molecule has 0 atom stereocenters. The van der Waals surface area contributed by atoms with Gasteiger partial charge in [0.15, 0.2) is 4.34 Å². The molecule has 0 spiro atoms. The van der Waals surface area contributed by atoms with E-state index in [2.05, 4.69) is 10.2 Å². The van der Waals surface area contributed by atoms with E-state index in [1.165, 1.54) is 11.3 Å². The zero-order valence-corrected chi connectivity index (χ0v) is 8.39. The normalized spacial score (nSPS) is 12.0. The van der Waals surface area contributed by atoms with Crippen molar-refractivity contribution in [2.45, 2.75) is 23.9 Å². The molecule has 0 radical (unpaired) electrons. The van der Waals surface area contributed by atoms with Crippen LogP contribution in [-0.4, -0.2) is 22.1 Å². The molecular weight excluding hydrogens is 221 g/mol. The largest absolute Gasteiger partial charge is 0.389 e. The maximum absolute atomic E-state index is 11.7. The number of alkyl halides is 3. The molecule has 0 N–H and O–H groups in total. The summed E-state index contributed by atoms with van der Waals surface area (Å²) in [4.78, 5) is 0. The smallest absolute Gasteiger partial charge is 0.171 e. The number of halogens is 3. The molecule has 1 aromatic rings. The summed E-state index contributed by atoms with van der Waals surface area (Å²) in [6.07, 6.45) is -4.86. The second-order valence-corrected chi connectivity index (χ2v) is 4.82. The van der Waals surface area contributed by atoms with Gasteiger partial charge in [0.05, 0.1) is 6.42 Å². The number of thioether (sulfide) groups is 1. The maximum atomic E-state index is 11.7. The third-order valence-electron chi connectivity index (χ3n) is 1.12. The van der Waals surface area contributed by atoms with Crippen LogP contribution < -0.4 is 0 Å². The fourth-order valence-corrected chi connectivity index (χ4v) is 2.46. The van der Waals surface area contributed by atoms with Crippen molar-refractivity contribution in [1.29, 1.82) is 0 Å². The number of hydrogen-bond acceptors (Lipinski definition) is 4. The average Bonchev–Trinajstić information content (AvgIpc) is 2.33. The first-order valence-electron chi connectivity index (χ1n) is 3.47. The standard InChI is InChI=1S/C6H7F3N2S2/c1-4-10-11-5(13-4)12-3-2-6(7,8)9/h2-3H2,1H3. The van der Waals surface area contributed by atoms with Crippen LogP contribution >= 0.6 is 23.1 Å². The van der Waals surface area contributed by atoms with Crippen molar-refractivity contribution >= 4 is 23.1 Å². The molecule has 0 aliphatic carbocycles. The minimum atomic E-state index is -4.08. The van der Waals surface area contributed by atoms with Gasteiger partial charge in [-0.25, -0.2) is 0 Å². The molecule has 0 unspecified atom stereocenters. The molecule has 0 fully saturated rings. The van der Waals surface area contributed by atoms with Crippen LogP contribution in [0.5, 0.6) is 0 Å². The van der Waals surface area contributed by atoms with Gasteiger partial charge in [-0.05, 0) is 6.92 Å². The molecule has 1 aromatic heterocycles. The summed E-state index contributed by atoms with van der Waals surface area (Å²) >= 11 is 2.40.